The highest BCUT2D eigenvalue weighted by atomic mass is 35.5. The van der Waals surface area contributed by atoms with Gasteiger partial charge in [0.1, 0.15) is 0 Å². The van der Waals surface area contributed by atoms with Crippen LogP contribution in [0.2, 0.25) is 0 Å². The standard InChI is InChI=1S/C12H15ClO/c1-8-3-5-9(6-4-8)10-11(13)12(10,2)7-14/h3-6,10-11,14H,7H2,1-2H3. The molecule has 1 aliphatic rings. The van der Waals surface area contributed by atoms with Crippen molar-refractivity contribution in [3.8, 4) is 0 Å². The molecule has 1 nitrogen and oxygen atoms in total. The number of aliphatic hydroxyl groups excluding tert-OH is 1. The molecule has 1 aromatic carbocycles. The summed E-state index contributed by atoms with van der Waals surface area (Å²) in [5.41, 5.74) is 2.38. The molecule has 1 aromatic rings. The van der Waals surface area contributed by atoms with Crippen LogP contribution in [0.1, 0.15) is 24.0 Å². The van der Waals surface area contributed by atoms with Crippen LogP contribution in [0.4, 0.5) is 0 Å². The molecule has 0 spiro atoms. The van der Waals surface area contributed by atoms with Gasteiger partial charge in [0.25, 0.3) is 0 Å². The molecular weight excluding hydrogens is 196 g/mol. The number of aryl methyl sites for hydroxylation is 1. The maximum absolute atomic E-state index is 9.24. The Morgan fingerprint density at radius 2 is 1.93 bits per heavy atom. The molecule has 76 valence electrons. The van der Waals surface area contributed by atoms with Crippen molar-refractivity contribution in [2.45, 2.75) is 25.1 Å². The highest BCUT2D eigenvalue weighted by Gasteiger charge is 2.60. The van der Waals surface area contributed by atoms with E-state index in [0.29, 0.717) is 5.92 Å². The molecule has 14 heavy (non-hydrogen) atoms. The third-order valence-corrected chi connectivity index (χ3v) is 4.05. The minimum absolute atomic E-state index is 0.0789. The Labute approximate surface area is 89.7 Å². The van der Waals surface area contributed by atoms with Gasteiger partial charge in [-0.15, -0.1) is 11.6 Å². The molecule has 0 radical (unpaired) electrons. The zero-order valence-corrected chi connectivity index (χ0v) is 9.25. The summed E-state index contributed by atoms with van der Waals surface area (Å²) in [7, 11) is 0. The summed E-state index contributed by atoms with van der Waals surface area (Å²) in [5.74, 6) is 0.315. The van der Waals surface area contributed by atoms with Crippen LogP contribution in [0, 0.1) is 12.3 Å². The normalized spacial score (nSPS) is 35.7. The van der Waals surface area contributed by atoms with E-state index in [-0.39, 0.29) is 17.4 Å². The first-order valence-corrected chi connectivity index (χ1v) is 5.35. The van der Waals surface area contributed by atoms with Crippen LogP contribution < -0.4 is 0 Å². The first kappa shape index (κ1) is 10.0. The largest absolute Gasteiger partial charge is 0.396 e. The molecule has 0 aliphatic heterocycles. The van der Waals surface area contributed by atoms with Crippen LogP contribution >= 0.6 is 11.6 Å². The van der Waals surface area contributed by atoms with Gasteiger partial charge in [0.2, 0.25) is 0 Å². The van der Waals surface area contributed by atoms with Crippen LogP contribution in [-0.2, 0) is 0 Å². The van der Waals surface area contributed by atoms with Crippen LogP contribution in [0.15, 0.2) is 24.3 Å². The van der Waals surface area contributed by atoms with Gasteiger partial charge >= 0.3 is 0 Å². The number of benzene rings is 1. The van der Waals surface area contributed by atoms with Crippen LogP contribution in [-0.4, -0.2) is 17.1 Å². The molecule has 0 amide bonds. The first-order valence-electron chi connectivity index (χ1n) is 4.91. The second-order valence-corrected chi connectivity index (χ2v) is 4.92. The van der Waals surface area contributed by atoms with E-state index in [9.17, 15) is 5.11 Å². The van der Waals surface area contributed by atoms with Gasteiger partial charge in [-0.05, 0) is 12.5 Å². The Hall–Kier alpha value is -0.530. The van der Waals surface area contributed by atoms with Crippen molar-refractivity contribution in [3.05, 3.63) is 35.4 Å². The molecule has 1 N–H and O–H groups in total. The van der Waals surface area contributed by atoms with E-state index in [1.165, 1.54) is 11.1 Å². The van der Waals surface area contributed by atoms with E-state index in [1.807, 2.05) is 6.92 Å². The second kappa shape index (κ2) is 3.25. The fourth-order valence-electron chi connectivity index (χ4n) is 2.02. The number of alkyl halides is 1. The summed E-state index contributed by atoms with van der Waals surface area (Å²) in [6.07, 6.45) is 0. The predicted octanol–water partition coefficient (Wildman–Crippen LogP) is 2.70. The quantitative estimate of drug-likeness (QED) is 0.745. The lowest BCUT2D eigenvalue weighted by atomic mass is 10.0. The van der Waals surface area contributed by atoms with Gasteiger partial charge in [-0.2, -0.15) is 0 Å². The maximum Gasteiger partial charge on any atom is 0.0505 e. The molecule has 3 unspecified atom stereocenters. The van der Waals surface area contributed by atoms with E-state index in [1.54, 1.807) is 0 Å². The first-order chi connectivity index (χ1) is 6.59. The fourth-order valence-corrected chi connectivity index (χ4v) is 2.58. The van der Waals surface area contributed by atoms with Crippen LogP contribution in [0.25, 0.3) is 0 Å². The van der Waals surface area contributed by atoms with Gasteiger partial charge in [-0.25, -0.2) is 0 Å². The van der Waals surface area contributed by atoms with E-state index in [4.69, 9.17) is 11.6 Å². The van der Waals surface area contributed by atoms with Gasteiger partial charge in [0, 0.05) is 16.7 Å². The third kappa shape index (κ3) is 1.35. The molecule has 2 rings (SSSR count). The Kier molecular flexibility index (Phi) is 2.32. The van der Waals surface area contributed by atoms with Gasteiger partial charge in [0.15, 0.2) is 0 Å². The lowest BCUT2D eigenvalue weighted by Gasteiger charge is -2.06. The van der Waals surface area contributed by atoms with Crippen molar-refractivity contribution in [2.75, 3.05) is 6.61 Å². The summed E-state index contributed by atoms with van der Waals surface area (Å²) in [4.78, 5) is 0. The molecular formula is C12H15ClO. The van der Waals surface area contributed by atoms with Crippen LogP contribution in [0.5, 0.6) is 0 Å². The smallest absolute Gasteiger partial charge is 0.0505 e. The monoisotopic (exact) mass is 210 g/mol. The molecule has 0 aromatic heterocycles. The molecule has 0 saturated heterocycles. The lowest BCUT2D eigenvalue weighted by molar-refractivity contribution is 0.220. The molecule has 0 bridgehead atoms. The maximum atomic E-state index is 9.24. The van der Waals surface area contributed by atoms with Gasteiger partial charge in [-0.3, -0.25) is 0 Å². The minimum atomic E-state index is -0.114. The number of rotatable bonds is 2. The number of halogens is 1. The van der Waals surface area contributed by atoms with E-state index in [0.717, 1.165) is 0 Å². The molecule has 1 saturated carbocycles. The summed E-state index contributed by atoms with van der Waals surface area (Å²) >= 11 is 6.17. The summed E-state index contributed by atoms with van der Waals surface area (Å²) in [5, 5.41) is 9.32. The summed E-state index contributed by atoms with van der Waals surface area (Å²) in [6.45, 7) is 4.27. The predicted molar refractivity (Wildman–Crippen MR) is 58.8 cm³/mol. The highest BCUT2D eigenvalue weighted by molar-refractivity contribution is 6.24. The molecule has 1 aliphatic carbocycles. The van der Waals surface area contributed by atoms with Crippen molar-refractivity contribution in [1.82, 2.24) is 0 Å². The van der Waals surface area contributed by atoms with E-state index >= 15 is 0 Å². The minimum Gasteiger partial charge on any atom is -0.396 e. The summed E-state index contributed by atoms with van der Waals surface area (Å²) in [6, 6.07) is 8.40. The van der Waals surface area contributed by atoms with Gasteiger partial charge < -0.3 is 5.11 Å². The van der Waals surface area contributed by atoms with Crippen LogP contribution in [0.3, 0.4) is 0 Å². The zero-order chi connectivity index (χ0) is 10.3. The molecule has 0 heterocycles. The van der Waals surface area contributed by atoms with Gasteiger partial charge in [0.05, 0.1) is 6.61 Å². The Morgan fingerprint density at radius 1 is 1.36 bits per heavy atom. The van der Waals surface area contributed by atoms with Crippen molar-refractivity contribution in [2.24, 2.45) is 5.41 Å². The van der Waals surface area contributed by atoms with Gasteiger partial charge in [-0.1, -0.05) is 36.8 Å². The van der Waals surface area contributed by atoms with Crippen molar-refractivity contribution < 1.29 is 5.11 Å². The Bertz CT molecular complexity index is 333. The number of hydrogen-bond acceptors (Lipinski definition) is 1. The zero-order valence-electron chi connectivity index (χ0n) is 8.50. The Morgan fingerprint density at radius 3 is 2.36 bits per heavy atom. The molecule has 1 fully saturated rings. The van der Waals surface area contributed by atoms with Crippen molar-refractivity contribution in [3.63, 3.8) is 0 Å². The average molecular weight is 211 g/mol. The topological polar surface area (TPSA) is 20.2 Å². The molecule has 3 atom stereocenters. The van der Waals surface area contributed by atoms with E-state index < -0.39 is 0 Å². The third-order valence-electron chi connectivity index (χ3n) is 3.30. The second-order valence-electron chi connectivity index (χ2n) is 4.45. The van der Waals surface area contributed by atoms with Crippen molar-refractivity contribution in [1.29, 1.82) is 0 Å². The molecule has 2 heteroatoms. The highest BCUT2D eigenvalue weighted by Crippen LogP contribution is 2.62. The summed E-state index contributed by atoms with van der Waals surface area (Å²) < 4.78 is 0. The fraction of sp³-hybridized carbons (Fsp3) is 0.500. The number of aliphatic hydroxyl groups is 1. The van der Waals surface area contributed by atoms with E-state index in [2.05, 4.69) is 31.2 Å². The lowest BCUT2D eigenvalue weighted by Crippen LogP contribution is -2.05. The average Bonchev–Trinajstić information content (AvgIpc) is 2.72. The van der Waals surface area contributed by atoms with Crippen molar-refractivity contribution >= 4 is 11.6 Å². The number of hydrogen-bond donors (Lipinski definition) is 1. The SMILES string of the molecule is Cc1ccc(C2C(Cl)C2(C)CO)cc1. The Balaban J connectivity index is 2.23.